The smallest absolute Gasteiger partial charge is 0.129 e. The molecule has 2 unspecified atom stereocenters. The number of rotatable bonds is 6. The number of hydrogen-bond donors (Lipinski definition) is 1. The van der Waals surface area contributed by atoms with Gasteiger partial charge < -0.3 is 0 Å². The van der Waals surface area contributed by atoms with Gasteiger partial charge in [-0.2, -0.15) is 0 Å². The lowest BCUT2D eigenvalue weighted by Crippen LogP contribution is -2.15. The Kier molecular flexibility index (Phi) is 7.58. The fourth-order valence-corrected chi connectivity index (χ4v) is 3.75. The molecule has 0 radical (unpaired) electrons. The van der Waals surface area contributed by atoms with E-state index in [4.69, 9.17) is 0 Å². The Balaban J connectivity index is 1.88. The third-order valence-electron chi connectivity index (χ3n) is 2.67. The summed E-state index contributed by atoms with van der Waals surface area (Å²) >= 11 is 6.70. The summed E-state index contributed by atoms with van der Waals surface area (Å²) in [6.07, 6.45) is 3.43. The Bertz CT molecular complexity index is 691. The van der Waals surface area contributed by atoms with Gasteiger partial charge in [0.1, 0.15) is 22.0 Å². The van der Waals surface area contributed by atoms with E-state index in [0.717, 1.165) is 20.1 Å². The van der Waals surface area contributed by atoms with E-state index < -0.39 is 22.0 Å². The van der Waals surface area contributed by atoms with Crippen molar-refractivity contribution in [3.63, 3.8) is 0 Å². The van der Waals surface area contributed by atoms with E-state index in [2.05, 4.69) is 36.0 Å². The van der Waals surface area contributed by atoms with Crippen molar-refractivity contribution in [2.45, 2.75) is 0 Å². The molecule has 0 aliphatic heterocycles. The van der Waals surface area contributed by atoms with Crippen molar-refractivity contribution in [3.8, 4) is 0 Å². The zero-order chi connectivity index (χ0) is 16.7. The van der Waals surface area contributed by atoms with Crippen LogP contribution in [0.25, 0.3) is 12.2 Å². The van der Waals surface area contributed by atoms with E-state index in [9.17, 15) is 8.42 Å². The third kappa shape index (κ3) is 7.05. The second-order valence-electron chi connectivity index (χ2n) is 4.39. The van der Waals surface area contributed by atoms with Gasteiger partial charge in [-0.3, -0.25) is 0 Å². The minimum atomic E-state index is -1.52. The summed E-state index contributed by atoms with van der Waals surface area (Å²) in [6, 6.07) is 15.2. The molecule has 0 saturated heterocycles. The lowest BCUT2D eigenvalue weighted by atomic mass is 10.2. The molecule has 7 heteroatoms. The maximum atomic E-state index is 11.8. The maximum absolute atomic E-state index is 11.8. The van der Waals surface area contributed by atoms with Gasteiger partial charge in [-0.1, -0.05) is 56.1 Å². The fraction of sp³-hybridized carbons (Fsp3) is 0. The van der Waals surface area contributed by atoms with Crippen LogP contribution in [0.4, 0.5) is 0 Å². The Labute approximate surface area is 157 Å². The number of benzene rings is 2. The summed E-state index contributed by atoms with van der Waals surface area (Å²) in [4.78, 5) is 0. The van der Waals surface area contributed by atoms with Gasteiger partial charge >= 0.3 is 0 Å². The van der Waals surface area contributed by atoms with Crippen LogP contribution in [0.5, 0.6) is 0 Å². The van der Waals surface area contributed by atoms with Gasteiger partial charge in [0, 0.05) is 19.8 Å². The summed E-state index contributed by atoms with van der Waals surface area (Å²) in [7, 11) is -3.04. The van der Waals surface area contributed by atoms with Crippen molar-refractivity contribution < 1.29 is 8.42 Å². The Morgan fingerprint density at radius 2 is 1.04 bits per heavy atom. The average Bonchev–Trinajstić information content (AvgIpc) is 2.54. The van der Waals surface area contributed by atoms with E-state index in [1.165, 1.54) is 10.8 Å². The van der Waals surface area contributed by atoms with Gasteiger partial charge in [0.15, 0.2) is 0 Å². The standard InChI is InChI=1S/C16H13Br2NO2S2/c17-15-5-1-13(2-6-15)9-11-22(20)19-23(21)12-10-14-3-7-16(18)8-4-14/h1-12,19H/b11-9-,12-10+. The summed E-state index contributed by atoms with van der Waals surface area (Å²) in [6.45, 7) is 0. The molecule has 1 N–H and O–H groups in total. The van der Waals surface area contributed by atoms with Gasteiger partial charge in [-0.15, -0.1) is 4.13 Å². The van der Waals surface area contributed by atoms with Gasteiger partial charge in [-0.25, -0.2) is 8.42 Å². The summed E-state index contributed by atoms with van der Waals surface area (Å²) in [5.74, 6) is 0. The molecule has 3 nitrogen and oxygen atoms in total. The molecule has 0 bridgehead atoms. The topological polar surface area (TPSA) is 46.2 Å². The average molecular weight is 475 g/mol. The van der Waals surface area contributed by atoms with Gasteiger partial charge in [0.2, 0.25) is 0 Å². The highest BCUT2D eigenvalue weighted by atomic mass is 79.9. The first kappa shape index (κ1) is 18.5. The molecule has 2 atom stereocenters. The highest BCUT2D eigenvalue weighted by Gasteiger charge is 1.98. The molecule has 0 heterocycles. The van der Waals surface area contributed by atoms with Crippen LogP contribution in [0.1, 0.15) is 11.1 Å². The van der Waals surface area contributed by atoms with E-state index in [1.54, 1.807) is 12.2 Å². The molecule has 0 amide bonds. The molecular formula is C16H13Br2NO2S2. The quantitative estimate of drug-likeness (QED) is 0.655. The molecule has 2 rings (SSSR count). The monoisotopic (exact) mass is 473 g/mol. The van der Waals surface area contributed by atoms with Crippen LogP contribution in [0.2, 0.25) is 0 Å². The van der Waals surface area contributed by atoms with Crippen LogP contribution in [0.3, 0.4) is 0 Å². The summed E-state index contributed by atoms with van der Waals surface area (Å²) in [5.41, 5.74) is 1.83. The second-order valence-corrected chi connectivity index (χ2v) is 8.62. The molecule has 23 heavy (non-hydrogen) atoms. The minimum absolute atomic E-state index is 0.916. The van der Waals surface area contributed by atoms with Crippen LogP contribution in [-0.4, -0.2) is 8.42 Å². The molecule has 120 valence electrons. The fourth-order valence-electron chi connectivity index (χ4n) is 1.57. The van der Waals surface area contributed by atoms with E-state index in [-0.39, 0.29) is 0 Å². The predicted molar refractivity (Wildman–Crippen MR) is 106 cm³/mol. The Morgan fingerprint density at radius 3 is 1.39 bits per heavy atom. The molecule has 0 fully saturated rings. The lowest BCUT2D eigenvalue weighted by molar-refractivity contribution is 0.678. The normalized spacial score (nSPS) is 14.3. The van der Waals surface area contributed by atoms with Gasteiger partial charge in [0.05, 0.1) is 0 Å². The number of hydrogen-bond acceptors (Lipinski definition) is 2. The van der Waals surface area contributed by atoms with Crippen molar-refractivity contribution in [3.05, 3.63) is 79.4 Å². The Hall–Kier alpha value is -0.860. The molecule has 0 aliphatic rings. The number of halogens is 2. The van der Waals surface area contributed by atoms with Gasteiger partial charge in [-0.05, 0) is 47.5 Å². The Morgan fingerprint density at radius 1 is 0.696 bits per heavy atom. The zero-order valence-corrected chi connectivity index (χ0v) is 16.6. The highest BCUT2D eigenvalue weighted by molar-refractivity contribution is 9.10. The predicted octanol–water partition coefficient (Wildman–Crippen LogP) is 4.77. The third-order valence-corrected chi connectivity index (χ3v) is 5.81. The zero-order valence-electron chi connectivity index (χ0n) is 11.8. The van der Waals surface area contributed by atoms with Crippen molar-refractivity contribution in [2.24, 2.45) is 0 Å². The summed E-state index contributed by atoms with van der Waals surface area (Å²) in [5, 5.41) is 2.93. The highest BCUT2D eigenvalue weighted by Crippen LogP contribution is 2.12. The van der Waals surface area contributed by atoms with Crippen LogP contribution in [-0.2, 0) is 22.0 Å². The molecular weight excluding hydrogens is 462 g/mol. The minimum Gasteiger partial charge on any atom is -0.237 e. The van der Waals surface area contributed by atoms with Crippen LogP contribution >= 0.6 is 31.9 Å². The van der Waals surface area contributed by atoms with Crippen LogP contribution in [0.15, 0.2) is 68.3 Å². The first-order valence-electron chi connectivity index (χ1n) is 6.48. The van der Waals surface area contributed by atoms with E-state index in [1.807, 2.05) is 48.5 Å². The van der Waals surface area contributed by atoms with Crippen molar-refractivity contribution in [2.75, 3.05) is 0 Å². The molecule has 0 aliphatic carbocycles. The maximum Gasteiger partial charge on any atom is 0.129 e. The van der Waals surface area contributed by atoms with E-state index in [0.29, 0.717) is 0 Å². The van der Waals surface area contributed by atoms with Crippen molar-refractivity contribution in [1.29, 1.82) is 0 Å². The van der Waals surface area contributed by atoms with Crippen molar-refractivity contribution in [1.82, 2.24) is 4.13 Å². The molecule has 0 saturated carbocycles. The molecule has 0 aromatic heterocycles. The second kappa shape index (κ2) is 9.44. The largest absolute Gasteiger partial charge is 0.237 e. The van der Waals surface area contributed by atoms with Gasteiger partial charge in [0.25, 0.3) is 0 Å². The first-order chi connectivity index (χ1) is 11.0. The molecule has 2 aromatic rings. The van der Waals surface area contributed by atoms with E-state index >= 15 is 0 Å². The molecule has 2 aromatic carbocycles. The van der Waals surface area contributed by atoms with Crippen LogP contribution in [0, 0.1) is 0 Å². The van der Waals surface area contributed by atoms with Crippen LogP contribution < -0.4 is 4.13 Å². The number of nitrogens with one attached hydrogen (secondary N) is 1. The first-order valence-corrected chi connectivity index (χ1v) is 10.5. The summed E-state index contributed by atoms with van der Waals surface area (Å²) < 4.78 is 28.1. The SMILES string of the molecule is O=S(/C=C\c1ccc(Br)cc1)NS(=O)/C=C/c1ccc(Br)cc1. The lowest BCUT2D eigenvalue weighted by Gasteiger charge is -1.97. The molecule has 0 spiro atoms. The van der Waals surface area contributed by atoms with Crippen molar-refractivity contribution >= 4 is 66.0 Å².